The first kappa shape index (κ1) is 15.1. The quantitative estimate of drug-likeness (QED) is 0.896. The van der Waals surface area contributed by atoms with Crippen molar-refractivity contribution >= 4 is 22.8 Å². The van der Waals surface area contributed by atoms with Crippen molar-refractivity contribution in [2.45, 2.75) is 25.3 Å². The van der Waals surface area contributed by atoms with Crippen molar-refractivity contribution in [3.63, 3.8) is 0 Å². The normalized spacial score (nSPS) is 14.2. The number of carboxylic acids is 2. The summed E-state index contributed by atoms with van der Waals surface area (Å²) >= 11 is 0. The monoisotopic (exact) mass is 323 g/mol. The van der Waals surface area contributed by atoms with Gasteiger partial charge in [-0.2, -0.15) is 0 Å². The van der Waals surface area contributed by atoms with Gasteiger partial charge < -0.3 is 14.8 Å². The van der Waals surface area contributed by atoms with Gasteiger partial charge in [0.05, 0.1) is 17.3 Å². The molecule has 0 atom stereocenters. The summed E-state index contributed by atoms with van der Waals surface area (Å²) in [5, 5.41) is 17.5. The molecule has 6 nitrogen and oxygen atoms in total. The first-order chi connectivity index (χ1) is 10.8. The average molecular weight is 323 g/mol. The minimum absolute atomic E-state index is 0.186. The van der Waals surface area contributed by atoms with Crippen LogP contribution in [0.25, 0.3) is 10.9 Å². The molecule has 0 amide bonds. The Morgan fingerprint density at radius 3 is 2.43 bits per heavy atom. The summed E-state index contributed by atoms with van der Waals surface area (Å²) in [6.45, 7) is 0. The Kier molecular flexibility index (Phi) is 3.39. The van der Waals surface area contributed by atoms with Crippen molar-refractivity contribution in [3.05, 3.63) is 45.2 Å². The van der Waals surface area contributed by atoms with Gasteiger partial charge in [-0.05, 0) is 18.9 Å². The van der Waals surface area contributed by atoms with E-state index >= 15 is 0 Å². The molecular weight excluding hydrogens is 312 g/mol. The number of carbonyl (C=O) groups is 2. The second-order valence-electron chi connectivity index (χ2n) is 5.43. The largest absolute Gasteiger partial charge is 0.481 e. The van der Waals surface area contributed by atoms with E-state index < -0.39 is 51.9 Å². The summed E-state index contributed by atoms with van der Waals surface area (Å²) < 4.78 is 29.9. The van der Waals surface area contributed by atoms with Crippen LogP contribution >= 0.6 is 0 Å². The number of fused-ring (bicyclic) bond motifs is 1. The lowest BCUT2D eigenvalue weighted by molar-refractivity contribution is -0.136. The van der Waals surface area contributed by atoms with Crippen molar-refractivity contribution in [1.82, 2.24) is 4.57 Å². The van der Waals surface area contributed by atoms with Gasteiger partial charge in [0.15, 0.2) is 5.82 Å². The lowest BCUT2D eigenvalue weighted by atomic mass is 10.0. The fourth-order valence-electron chi connectivity index (χ4n) is 2.59. The molecule has 0 unspecified atom stereocenters. The van der Waals surface area contributed by atoms with Crippen LogP contribution in [0.3, 0.4) is 0 Å². The van der Waals surface area contributed by atoms with Gasteiger partial charge >= 0.3 is 11.9 Å². The SMILES string of the molecule is O=C(O)Cc1c(F)cc2c(=O)c(C(=O)O)cn(C3CC3)c2c1F. The van der Waals surface area contributed by atoms with Crippen molar-refractivity contribution in [2.75, 3.05) is 0 Å². The van der Waals surface area contributed by atoms with E-state index in [9.17, 15) is 23.2 Å². The maximum atomic E-state index is 14.6. The third-order valence-electron chi connectivity index (χ3n) is 3.80. The highest BCUT2D eigenvalue weighted by Crippen LogP contribution is 2.38. The van der Waals surface area contributed by atoms with Crippen LogP contribution in [0.1, 0.15) is 34.8 Å². The molecular formula is C15H11F2NO5. The van der Waals surface area contributed by atoms with Crippen LogP contribution in [0.4, 0.5) is 8.78 Å². The number of rotatable bonds is 4. The summed E-state index contributed by atoms with van der Waals surface area (Å²) in [7, 11) is 0. The molecule has 3 rings (SSSR count). The fourth-order valence-corrected chi connectivity index (χ4v) is 2.59. The van der Waals surface area contributed by atoms with Gasteiger partial charge in [0.25, 0.3) is 0 Å². The molecule has 23 heavy (non-hydrogen) atoms. The van der Waals surface area contributed by atoms with Crippen LogP contribution < -0.4 is 5.43 Å². The van der Waals surface area contributed by atoms with E-state index in [4.69, 9.17) is 10.2 Å². The molecule has 1 aliphatic carbocycles. The third kappa shape index (κ3) is 2.45. The van der Waals surface area contributed by atoms with E-state index in [0.29, 0.717) is 18.9 Å². The summed E-state index contributed by atoms with van der Waals surface area (Å²) in [6, 6.07) is 0.526. The van der Waals surface area contributed by atoms with Gasteiger partial charge in [-0.1, -0.05) is 0 Å². The van der Waals surface area contributed by atoms with Crippen LogP contribution in [-0.2, 0) is 11.2 Å². The van der Waals surface area contributed by atoms with Crippen molar-refractivity contribution in [2.24, 2.45) is 0 Å². The Labute approximate surface area is 127 Å². The zero-order valence-corrected chi connectivity index (χ0v) is 11.7. The third-order valence-corrected chi connectivity index (χ3v) is 3.80. The highest BCUT2D eigenvalue weighted by Gasteiger charge is 2.30. The number of aromatic carboxylic acids is 1. The van der Waals surface area contributed by atoms with Gasteiger partial charge in [0.1, 0.15) is 11.4 Å². The highest BCUT2D eigenvalue weighted by atomic mass is 19.1. The van der Waals surface area contributed by atoms with Crippen LogP contribution in [0.2, 0.25) is 0 Å². The van der Waals surface area contributed by atoms with Gasteiger partial charge in [0.2, 0.25) is 5.43 Å². The fraction of sp³-hybridized carbons (Fsp3) is 0.267. The second-order valence-corrected chi connectivity index (χ2v) is 5.43. The van der Waals surface area contributed by atoms with Crippen LogP contribution in [-0.4, -0.2) is 26.7 Å². The van der Waals surface area contributed by atoms with Crippen LogP contribution in [0.5, 0.6) is 0 Å². The zero-order valence-electron chi connectivity index (χ0n) is 11.7. The van der Waals surface area contributed by atoms with E-state index in [2.05, 4.69) is 0 Å². The maximum Gasteiger partial charge on any atom is 0.341 e. The predicted octanol–water partition coefficient (Wildman–Crippen LogP) is 1.94. The number of nitrogens with zero attached hydrogens (tertiary/aromatic N) is 1. The zero-order chi connectivity index (χ0) is 16.9. The Morgan fingerprint density at radius 1 is 1.26 bits per heavy atom. The molecule has 1 aliphatic rings. The van der Waals surface area contributed by atoms with Crippen molar-refractivity contribution < 1.29 is 28.6 Å². The Morgan fingerprint density at radius 2 is 1.91 bits per heavy atom. The molecule has 0 bridgehead atoms. The van der Waals surface area contributed by atoms with Crippen molar-refractivity contribution in [3.8, 4) is 0 Å². The minimum atomic E-state index is -1.48. The van der Waals surface area contributed by atoms with Crippen LogP contribution in [0, 0.1) is 11.6 Å². The molecule has 1 aromatic carbocycles. The number of halogens is 2. The number of hydrogen-bond donors (Lipinski definition) is 2. The minimum Gasteiger partial charge on any atom is -0.481 e. The molecule has 1 saturated carbocycles. The second kappa shape index (κ2) is 5.15. The number of carboxylic acid groups (broad SMARTS) is 2. The number of hydrogen-bond acceptors (Lipinski definition) is 3. The summed E-state index contributed by atoms with van der Waals surface area (Å²) in [5.41, 5.74) is -2.47. The molecule has 2 aromatic rings. The first-order valence-corrected chi connectivity index (χ1v) is 6.82. The molecule has 1 heterocycles. The Hall–Kier alpha value is -2.77. The molecule has 8 heteroatoms. The number of aromatic nitrogens is 1. The highest BCUT2D eigenvalue weighted by molar-refractivity contribution is 5.93. The van der Waals surface area contributed by atoms with Gasteiger partial charge in [-0.25, -0.2) is 13.6 Å². The average Bonchev–Trinajstić information content (AvgIpc) is 3.28. The Balaban J connectivity index is 2.42. The van der Waals surface area contributed by atoms with Crippen molar-refractivity contribution in [1.29, 1.82) is 0 Å². The number of aliphatic carboxylic acids is 1. The van der Waals surface area contributed by atoms with E-state index in [1.165, 1.54) is 4.57 Å². The lowest BCUT2D eigenvalue weighted by Gasteiger charge is -2.14. The van der Waals surface area contributed by atoms with Gasteiger partial charge in [0, 0.05) is 17.8 Å². The van der Waals surface area contributed by atoms with E-state index in [0.717, 1.165) is 6.20 Å². The number of pyridine rings is 1. The van der Waals surface area contributed by atoms with Crippen LogP contribution in [0.15, 0.2) is 17.1 Å². The number of benzene rings is 1. The smallest absolute Gasteiger partial charge is 0.341 e. The molecule has 120 valence electrons. The molecule has 1 aromatic heterocycles. The molecule has 1 fully saturated rings. The van der Waals surface area contributed by atoms with Gasteiger partial charge in [-0.3, -0.25) is 9.59 Å². The summed E-state index contributed by atoms with van der Waals surface area (Å²) in [5.74, 6) is -5.21. The predicted molar refractivity (Wildman–Crippen MR) is 74.7 cm³/mol. The Bertz CT molecular complexity index is 914. The molecule has 2 N–H and O–H groups in total. The lowest BCUT2D eigenvalue weighted by Crippen LogP contribution is -2.20. The summed E-state index contributed by atoms with van der Waals surface area (Å²) in [4.78, 5) is 34.1. The molecule has 0 saturated heterocycles. The topological polar surface area (TPSA) is 96.6 Å². The summed E-state index contributed by atoms with van der Waals surface area (Å²) in [6.07, 6.45) is 1.51. The molecule has 0 spiro atoms. The first-order valence-electron chi connectivity index (χ1n) is 6.82. The van der Waals surface area contributed by atoms with E-state index in [1.807, 2.05) is 0 Å². The molecule has 0 radical (unpaired) electrons. The maximum absolute atomic E-state index is 14.6. The van der Waals surface area contributed by atoms with E-state index in [-0.39, 0.29) is 11.6 Å². The standard InChI is InChI=1S/C15H11F2NO5/c16-10-3-8-13(12(17)7(10)4-11(19)20)18(6-1-2-6)5-9(14(8)21)15(22)23/h3,5-6H,1-2,4H2,(H,19,20)(H,22,23). The van der Waals surface area contributed by atoms with Gasteiger partial charge in [-0.15, -0.1) is 0 Å². The molecule has 0 aliphatic heterocycles. The van der Waals surface area contributed by atoms with E-state index in [1.54, 1.807) is 0 Å².